The number of amides is 2. The Kier molecular flexibility index (Phi) is 5.37. The number of benzene rings is 2. The van der Waals surface area contributed by atoms with E-state index in [1.165, 1.54) is 6.07 Å². The second-order valence-corrected chi connectivity index (χ2v) is 7.96. The van der Waals surface area contributed by atoms with Gasteiger partial charge in [0, 0.05) is 25.7 Å². The van der Waals surface area contributed by atoms with Gasteiger partial charge in [0.05, 0.1) is 25.2 Å². The minimum absolute atomic E-state index is 0.0335. The number of fused-ring (bicyclic) bond motifs is 3. The molecule has 0 spiro atoms. The van der Waals surface area contributed by atoms with E-state index >= 15 is 0 Å². The van der Waals surface area contributed by atoms with Gasteiger partial charge in [-0.1, -0.05) is 30.3 Å². The Hall–Kier alpha value is -2.73. The van der Waals surface area contributed by atoms with Crippen LogP contribution in [0.4, 0.5) is 4.39 Å². The van der Waals surface area contributed by atoms with Gasteiger partial charge in [-0.2, -0.15) is 0 Å². The standard InChI is InChI=1S/C23H25FN2O3/c1-15-7-8-16(10-21(15)24)9-17-5-3-4-6-20(17)23(28)26-11-18-13-29-14-19(12-26)25(2)22(18)27/h3-8,10,18-19H,9,11-14H2,1-2H3/t18-,19+/m1/s1. The van der Waals surface area contributed by atoms with Crippen molar-refractivity contribution in [1.82, 2.24) is 9.80 Å². The van der Waals surface area contributed by atoms with Crippen LogP contribution in [0.25, 0.3) is 0 Å². The van der Waals surface area contributed by atoms with Gasteiger partial charge in [-0.25, -0.2) is 4.39 Å². The Morgan fingerprint density at radius 2 is 1.97 bits per heavy atom. The van der Waals surface area contributed by atoms with Gasteiger partial charge in [0.2, 0.25) is 5.91 Å². The Morgan fingerprint density at radius 1 is 1.17 bits per heavy atom. The van der Waals surface area contributed by atoms with E-state index in [9.17, 15) is 14.0 Å². The molecule has 2 bridgehead atoms. The molecular formula is C23H25FN2O3. The van der Waals surface area contributed by atoms with E-state index in [1.807, 2.05) is 30.3 Å². The number of hydrogen-bond donors (Lipinski definition) is 0. The van der Waals surface area contributed by atoms with E-state index < -0.39 is 0 Å². The SMILES string of the molecule is Cc1ccc(Cc2ccccc2C(=O)N2C[C@@H]3COC[C@H](C2)N(C)C3=O)cc1F. The van der Waals surface area contributed by atoms with E-state index in [-0.39, 0.29) is 29.6 Å². The van der Waals surface area contributed by atoms with Crippen LogP contribution in [0.5, 0.6) is 0 Å². The number of halogens is 1. The Balaban J connectivity index is 1.61. The highest BCUT2D eigenvalue weighted by molar-refractivity contribution is 5.96. The number of hydrogen-bond acceptors (Lipinski definition) is 3. The zero-order valence-electron chi connectivity index (χ0n) is 16.7. The second kappa shape index (κ2) is 7.95. The summed E-state index contributed by atoms with van der Waals surface area (Å²) in [7, 11) is 1.78. The molecule has 2 aromatic rings. The van der Waals surface area contributed by atoms with E-state index in [0.717, 1.165) is 11.1 Å². The number of likely N-dealkylation sites (N-methyl/N-ethyl adjacent to an activating group) is 1. The van der Waals surface area contributed by atoms with Crippen LogP contribution in [0.15, 0.2) is 42.5 Å². The molecule has 2 heterocycles. The summed E-state index contributed by atoms with van der Waals surface area (Å²) in [6.07, 6.45) is 0.474. The van der Waals surface area contributed by atoms with Crippen LogP contribution in [0.2, 0.25) is 0 Å². The molecule has 152 valence electrons. The normalized spacial score (nSPS) is 21.8. The number of nitrogens with zero attached hydrogens (tertiary/aromatic N) is 2. The number of ether oxygens (including phenoxy) is 1. The van der Waals surface area contributed by atoms with Crippen LogP contribution in [0, 0.1) is 18.7 Å². The van der Waals surface area contributed by atoms with Crippen LogP contribution in [0.1, 0.15) is 27.0 Å². The maximum absolute atomic E-state index is 14.0. The van der Waals surface area contributed by atoms with Crippen molar-refractivity contribution >= 4 is 11.8 Å². The fourth-order valence-electron chi connectivity index (χ4n) is 4.08. The molecule has 2 saturated heterocycles. The molecule has 4 rings (SSSR count). The third-order valence-electron chi connectivity index (χ3n) is 5.91. The van der Waals surface area contributed by atoms with Gasteiger partial charge >= 0.3 is 0 Å². The Bertz CT molecular complexity index is 945. The van der Waals surface area contributed by atoms with Crippen molar-refractivity contribution in [2.45, 2.75) is 19.4 Å². The molecule has 2 aromatic carbocycles. The molecular weight excluding hydrogens is 371 g/mol. The first kappa shape index (κ1) is 19.6. The summed E-state index contributed by atoms with van der Waals surface area (Å²) in [6, 6.07) is 12.5. The predicted octanol–water partition coefficient (Wildman–Crippen LogP) is 2.65. The summed E-state index contributed by atoms with van der Waals surface area (Å²) in [5.74, 6) is -0.637. The van der Waals surface area contributed by atoms with Crippen LogP contribution in [-0.2, 0) is 16.0 Å². The number of carbonyl (C=O) groups is 2. The van der Waals surface area contributed by atoms with Crippen LogP contribution < -0.4 is 0 Å². The Labute approximate surface area is 170 Å². The quantitative estimate of drug-likeness (QED) is 0.802. The highest BCUT2D eigenvalue weighted by atomic mass is 19.1. The van der Waals surface area contributed by atoms with Crippen LogP contribution >= 0.6 is 0 Å². The number of carbonyl (C=O) groups excluding carboxylic acids is 2. The Morgan fingerprint density at radius 3 is 2.76 bits per heavy atom. The van der Waals surface area contributed by atoms with Gasteiger partial charge in [-0.3, -0.25) is 9.59 Å². The molecule has 0 unspecified atom stereocenters. The van der Waals surface area contributed by atoms with Gasteiger partial charge in [0.25, 0.3) is 5.91 Å². The topological polar surface area (TPSA) is 49.9 Å². The van der Waals surface area contributed by atoms with E-state index in [1.54, 1.807) is 29.8 Å². The predicted molar refractivity (Wildman–Crippen MR) is 107 cm³/mol. The van der Waals surface area contributed by atoms with Gasteiger partial charge in [0.1, 0.15) is 5.82 Å². The van der Waals surface area contributed by atoms with Crippen LogP contribution in [0.3, 0.4) is 0 Å². The van der Waals surface area contributed by atoms with E-state index in [0.29, 0.717) is 43.9 Å². The molecule has 6 heteroatoms. The molecule has 0 aliphatic carbocycles. The molecule has 0 N–H and O–H groups in total. The molecule has 2 atom stereocenters. The first-order chi connectivity index (χ1) is 13.9. The first-order valence-corrected chi connectivity index (χ1v) is 9.90. The minimum Gasteiger partial charge on any atom is -0.378 e. The average molecular weight is 396 g/mol. The van der Waals surface area contributed by atoms with E-state index in [4.69, 9.17) is 4.74 Å². The minimum atomic E-state index is -0.338. The highest BCUT2D eigenvalue weighted by Gasteiger charge is 2.39. The summed E-state index contributed by atoms with van der Waals surface area (Å²) in [4.78, 5) is 29.5. The molecule has 2 aliphatic heterocycles. The zero-order chi connectivity index (χ0) is 20.5. The lowest BCUT2D eigenvalue weighted by molar-refractivity contribution is -0.133. The second-order valence-electron chi connectivity index (χ2n) is 7.96. The summed E-state index contributed by atoms with van der Waals surface area (Å²) in [5, 5.41) is 0. The van der Waals surface area contributed by atoms with Gasteiger partial charge < -0.3 is 14.5 Å². The molecule has 5 nitrogen and oxygen atoms in total. The van der Waals surface area contributed by atoms with Gasteiger partial charge in [-0.05, 0) is 42.2 Å². The van der Waals surface area contributed by atoms with Gasteiger partial charge in [-0.15, -0.1) is 0 Å². The fourth-order valence-corrected chi connectivity index (χ4v) is 4.08. The molecule has 2 aliphatic rings. The summed E-state index contributed by atoms with van der Waals surface area (Å²) in [6.45, 7) is 3.31. The third kappa shape index (κ3) is 3.90. The molecule has 0 aromatic heterocycles. The largest absolute Gasteiger partial charge is 0.378 e. The van der Waals surface area contributed by atoms with Crippen molar-refractivity contribution in [1.29, 1.82) is 0 Å². The maximum Gasteiger partial charge on any atom is 0.254 e. The smallest absolute Gasteiger partial charge is 0.254 e. The first-order valence-electron chi connectivity index (χ1n) is 9.90. The lowest BCUT2D eigenvalue weighted by Crippen LogP contribution is -2.45. The molecule has 0 radical (unpaired) electrons. The van der Waals surface area contributed by atoms with Crippen LogP contribution in [-0.4, -0.2) is 61.0 Å². The van der Waals surface area contributed by atoms with E-state index in [2.05, 4.69) is 0 Å². The monoisotopic (exact) mass is 396 g/mol. The van der Waals surface area contributed by atoms with Crippen molar-refractivity contribution < 1.29 is 18.7 Å². The lowest BCUT2D eigenvalue weighted by Gasteiger charge is -2.30. The van der Waals surface area contributed by atoms with Crippen molar-refractivity contribution in [3.05, 3.63) is 70.5 Å². The molecule has 0 saturated carbocycles. The summed E-state index contributed by atoms with van der Waals surface area (Å²) < 4.78 is 19.6. The number of rotatable bonds is 3. The lowest BCUT2D eigenvalue weighted by atomic mass is 9.97. The number of aryl methyl sites for hydroxylation is 1. The fraction of sp³-hybridized carbons (Fsp3) is 0.391. The van der Waals surface area contributed by atoms with Crippen molar-refractivity contribution in [2.24, 2.45) is 5.92 Å². The molecule has 2 fully saturated rings. The molecule has 29 heavy (non-hydrogen) atoms. The van der Waals surface area contributed by atoms with Crippen molar-refractivity contribution in [2.75, 3.05) is 33.4 Å². The summed E-state index contributed by atoms with van der Waals surface area (Å²) >= 11 is 0. The van der Waals surface area contributed by atoms with Crippen molar-refractivity contribution in [3.63, 3.8) is 0 Å². The molecule has 2 amide bonds. The average Bonchev–Trinajstić information content (AvgIpc) is 2.89. The zero-order valence-corrected chi connectivity index (χ0v) is 16.7. The van der Waals surface area contributed by atoms with Gasteiger partial charge in [0.15, 0.2) is 0 Å². The summed E-state index contributed by atoms with van der Waals surface area (Å²) in [5.41, 5.74) is 2.88. The maximum atomic E-state index is 14.0. The third-order valence-corrected chi connectivity index (χ3v) is 5.91. The highest BCUT2D eigenvalue weighted by Crippen LogP contribution is 2.23. The van der Waals surface area contributed by atoms with Crippen molar-refractivity contribution in [3.8, 4) is 0 Å².